The molecule has 0 aromatic carbocycles. The smallest absolute Gasteiger partial charge is 0.190 e. The van der Waals surface area contributed by atoms with Gasteiger partial charge in [-0.25, -0.2) is 15.0 Å². The summed E-state index contributed by atoms with van der Waals surface area (Å²) in [6, 6.07) is 1.93. The van der Waals surface area contributed by atoms with E-state index in [1.54, 1.807) is 6.20 Å². The van der Waals surface area contributed by atoms with Crippen molar-refractivity contribution in [3.63, 3.8) is 0 Å². The Balaban J connectivity index is 2.47. The minimum absolute atomic E-state index is 0.626. The van der Waals surface area contributed by atoms with Gasteiger partial charge in [-0.1, -0.05) is 29.9 Å². The molecule has 0 saturated carbocycles. The molecular formula is C10H11ClN4S. The number of aryl methyl sites for hydroxylation is 1. The van der Waals surface area contributed by atoms with E-state index in [2.05, 4.69) is 27.2 Å². The Labute approximate surface area is 103 Å². The highest BCUT2D eigenvalue weighted by Crippen LogP contribution is 2.26. The number of anilines is 1. The van der Waals surface area contributed by atoms with Gasteiger partial charge in [-0.05, 0) is 6.42 Å². The summed E-state index contributed by atoms with van der Waals surface area (Å²) < 4.78 is 0.645. The summed E-state index contributed by atoms with van der Waals surface area (Å²) in [5, 5.41) is 3.76. The van der Waals surface area contributed by atoms with Gasteiger partial charge in [0, 0.05) is 18.8 Å². The fourth-order valence-corrected chi connectivity index (χ4v) is 2.11. The zero-order chi connectivity index (χ0) is 11.5. The Morgan fingerprint density at radius 2 is 2.25 bits per heavy atom. The molecule has 0 aliphatic carbocycles. The largest absolute Gasteiger partial charge is 0.373 e. The van der Waals surface area contributed by atoms with Gasteiger partial charge in [0.25, 0.3) is 0 Å². The summed E-state index contributed by atoms with van der Waals surface area (Å²) in [5.74, 6) is 1.42. The van der Waals surface area contributed by atoms with Crippen LogP contribution in [0.1, 0.15) is 12.6 Å². The third kappa shape index (κ3) is 2.31. The maximum absolute atomic E-state index is 5.84. The molecule has 0 fully saturated rings. The van der Waals surface area contributed by atoms with Crippen molar-refractivity contribution in [2.45, 2.75) is 13.3 Å². The number of hydrogen-bond donors (Lipinski definition) is 1. The van der Waals surface area contributed by atoms with Gasteiger partial charge in [0.2, 0.25) is 0 Å². The SMILES string of the molecule is CCc1cc(NC)nc(-c2ncc(Cl)s2)n1. The van der Waals surface area contributed by atoms with Crippen molar-refractivity contribution in [1.29, 1.82) is 0 Å². The van der Waals surface area contributed by atoms with Gasteiger partial charge >= 0.3 is 0 Å². The van der Waals surface area contributed by atoms with Gasteiger partial charge in [0.1, 0.15) is 10.2 Å². The van der Waals surface area contributed by atoms with E-state index in [9.17, 15) is 0 Å². The fourth-order valence-electron chi connectivity index (χ4n) is 1.26. The zero-order valence-corrected chi connectivity index (χ0v) is 10.6. The molecule has 84 valence electrons. The summed E-state index contributed by atoms with van der Waals surface area (Å²) in [6.07, 6.45) is 2.48. The quantitative estimate of drug-likeness (QED) is 0.915. The highest BCUT2D eigenvalue weighted by Gasteiger charge is 2.09. The molecule has 4 nitrogen and oxygen atoms in total. The second-order valence-corrected chi connectivity index (χ2v) is 4.80. The normalized spacial score (nSPS) is 10.4. The molecule has 16 heavy (non-hydrogen) atoms. The number of nitrogens with one attached hydrogen (secondary N) is 1. The summed E-state index contributed by atoms with van der Waals surface area (Å²) in [6.45, 7) is 2.06. The van der Waals surface area contributed by atoms with Crippen molar-refractivity contribution in [1.82, 2.24) is 15.0 Å². The molecule has 0 aliphatic rings. The highest BCUT2D eigenvalue weighted by atomic mass is 35.5. The lowest BCUT2D eigenvalue weighted by atomic mass is 10.3. The van der Waals surface area contributed by atoms with E-state index in [-0.39, 0.29) is 0 Å². The van der Waals surface area contributed by atoms with E-state index in [0.29, 0.717) is 10.2 Å². The third-order valence-corrected chi connectivity index (χ3v) is 3.18. The van der Waals surface area contributed by atoms with Crippen molar-refractivity contribution in [3.8, 4) is 10.8 Å². The molecule has 0 saturated heterocycles. The van der Waals surface area contributed by atoms with Crippen LogP contribution in [-0.2, 0) is 6.42 Å². The minimum atomic E-state index is 0.626. The molecule has 2 aromatic rings. The average molecular weight is 255 g/mol. The highest BCUT2D eigenvalue weighted by molar-refractivity contribution is 7.18. The lowest BCUT2D eigenvalue weighted by molar-refractivity contribution is 1.00. The number of nitrogens with zero attached hydrogens (tertiary/aromatic N) is 3. The van der Waals surface area contributed by atoms with Crippen LogP contribution >= 0.6 is 22.9 Å². The van der Waals surface area contributed by atoms with Crippen molar-refractivity contribution in [2.24, 2.45) is 0 Å². The molecule has 2 aromatic heterocycles. The number of halogens is 1. The first-order valence-electron chi connectivity index (χ1n) is 4.90. The summed E-state index contributed by atoms with van der Waals surface area (Å²) in [5.41, 5.74) is 0.987. The van der Waals surface area contributed by atoms with Crippen LogP contribution in [0.3, 0.4) is 0 Å². The maximum atomic E-state index is 5.84. The van der Waals surface area contributed by atoms with Crippen molar-refractivity contribution >= 4 is 28.8 Å². The average Bonchev–Trinajstić information content (AvgIpc) is 2.75. The monoisotopic (exact) mass is 254 g/mol. The van der Waals surface area contributed by atoms with Crippen LogP contribution in [0.2, 0.25) is 4.34 Å². The first-order chi connectivity index (χ1) is 7.72. The first kappa shape index (κ1) is 11.3. The fraction of sp³-hybridized carbons (Fsp3) is 0.300. The molecule has 0 atom stereocenters. The number of rotatable bonds is 3. The van der Waals surface area contributed by atoms with E-state index in [0.717, 1.165) is 22.9 Å². The molecule has 6 heteroatoms. The Hall–Kier alpha value is -1.20. The second-order valence-electron chi connectivity index (χ2n) is 3.14. The maximum Gasteiger partial charge on any atom is 0.190 e. The van der Waals surface area contributed by atoms with Crippen molar-refractivity contribution < 1.29 is 0 Å². The molecule has 2 heterocycles. The molecule has 2 rings (SSSR count). The van der Waals surface area contributed by atoms with Crippen molar-refractivity contribution in [3.05, 3.63) is 22.3 Å². The lowest BCUT2D eigenvalue weighted by Gasteiger charge is -2.04. The van der Waals surface area contributed by atoms with Gasteiger partial charge < -0.3 is 5.32 Å². The second kappa shape index (κ2) is 4.76. The Bertz CT molecular complexity index is 475. The summed E-state index contributed by atoms with van der Waals surface area (Å²) in [4.78, 5) is 12.9. The van der Waals surface area contributed by atoms with Crippen LogP contribution in [0.15, 0.2) is 12.3 Å². The van der Waals surface area contributed by atoms with Crippen molar-refractivity contribution in [2.75, 3.05) is 12.4 Å². The molecule has 0 spiro atoms. The van der Waals surface area contributed by atoms with Crippen LogP contribution in [0, 0.1) is 0 Å². The van der Waals surface area contributed by atoms with Crippen LogP contribution in [0.5, 0.6) is 0 Å². The third-order valence-electron chi connectivity index (χ3n) is 2.07. The van der Waals surface area contributed by atoms with E-state index in [1.165, 1.54) is 11.3 Å². The first-order valence-corrected chi connectivity index (χ1v) is 6.09. The van der Waals surface area contributed by atoms with Crippen LogP contribution in [0.4, 0.5) is 5.82 Å². The summed E-state index contributed by atoms with van der Waals surface area (Å²) in [7, 11) is 1.83. The van der Waals surface area contributed by atoms with E-state index in [4.69, 9.17) is 11.6 Å². The lowest BCUT2D eigenvalue weighted by Crippen LogP contribution is -1.99. The van der Waals surface area contributed by atoms with Crippen LogP contribution in [0.25, 0.3) is 10.8 Å². The molecular weight excluding hydrogens is 244 g/mol. The number of hydrogen-bond acceptors (Lipinski definition) is 5. The number of thiazole rings is 1. The Morgan fingerprint density at radius 1 is 1.44 bits per heavy atom. The Morgan fingerprint density at radius 3 is 2.81 bits per heavy atom. The standard InChI is InChI=1S/C10H11ClN4S/c1-3-6-4-8(12-2)15-9(14-6)10-13-5-7(11)16-10/h4-5H,3H2,1-2H3,(H,12,14,15). The van der Waals surface area contributed by atoms with Gasteiger partial charge in [-0.3, -0.25) is 0 Å². The number of aromatic nitrogens is 3. The topological polar surface area (TPSA) is 50.7 Å². The minimum Gasteiger partial charge on any atom is -0.373 e. The molecule has 0 unspecified atom stereocenters. The van der Waals surface area contributed by atoms with E-state index < -0.39 is 0 Å². The molecule has 0 amide bonds. The summed E-state index contributed by atoms with van der Waals surface area (Å²) >= 11 is 7.22. The Kier molecular flexibility index (Phi) is 3.36. The molecule has 0 bridgehead atoms. The van der Waals surface area contributed by atoms with Crippen LogP contribution in [-0.4, -0.2) is 22.0 Å². The molecule has 0 aliphatic heterocycles. The predicted molar refractivity (Wildman–Crippen MR) is 67.1 cm³/mol. The van der Waals surface area contributed by atoms with Gasteiger partial charge in [-0.2, -0.15) is 0 Å². The zero-order valence-electron chi connectivity index (χ0n) is 8.99. The molecule has 0 radical (unpaired) electrons. The predicted octanol–water partition coefficient (Wildman–Crippen LogP) is 2.86. The van der Waals surface area contributed by atoms with E-state index in [1.807, 2.05) is 13.1 Å². The molecule has 1 N–H and O–H groups in total. The van der Waals surface area contributed by atoms with Crippen LogP contribution < -0.4 is 5.32 Å². The van der Waals surface area contributed by atoms with Gasteiger partial charge in [0.15, 0.2) is 10.8 Å². The van der Waals surface area contributed by atoms with E-state index >= 15 is 0 Å². The van der Waals surface area contributed by atoms with Gasteiger partial charge in [0.05, 0.1) is 6.20 Å². The van der Waals surface area contributed by atoms with Gasteiger partial charge in [-0.15, -0.1) is 0 Å².